The fourth-order valence-electron chi connectivity index (χ4n) is 1.16. The van der Waals surface area contributed by atoms with Crippen molar-refractivity contribution < 1.29 is 9.13 Å². The SMILES string of the molecule is C=C(C)CCOCc1ccc(C#N)cc1F. The van der Waals surface area contributed by atoms with Crippen LogP contribution in [0.15, 0.2) is 30.4 Å². The van der Waals surface area contributed by atoms with Crippen LogP contribution in [0.3, 0.4) is 0 Å². The number of hydrogen-bond acceptors (Lipinski definition) is 2. The Labute approximate surface area is 95.0 Å². The van der Waals surface area contributed by atoms with Crippen molar-refractivity contribution in [3.05, 3.63) is 47.3 Å². The van der Waals surface area contributed by atoms with Gasteiger partial charge in [-0.05, 0) is 25.5 Å². The highest BCUT2D eigenvalue weighted by molar-refractivity contribution is 5.32. The van der Waals surface area contributed by atoms with Gasteiger partial charge in [-0.25, -0.2) is 4.39 Å². The molecule has 0 radical (unpaired) electrons. The third kappa shape index (κ3) is 3.84. The molecule has 0 aliphatic heterocycles. The second-order valence-corrected chi connectivity index (χ2v) is 3.68. The lowest BCUT2D eigenvalue weighted by Crippen LogP contribution is -1.98. The largest absolute Gasteiger partial charge is 0.376 e. The number of nitrogens with zero attached hydrogens (tertiary/aromatic N) is 1. The van der Waals surface area contributed by atoms with E-state index in [1.165, 1.54) is 6.07 Å². The van der Waals surface area contributed by atoms with E-state index in [0.29, 0.717) is 17.7 Å². The van der Waals surface area contributed by atoms with Gasteiger partial charge < -0.3 is 4.74 Å². The smallest absolute Gasteiger partial charge is 0.130 e. The zero-order valence-electron chi connectivity index (χ0n) is 9.29. The highest BCUT2D eigenvalue weighted by atomic mass is 19.1. The Kier molecular flexibility index (Phi) is 4.68. The molecule has 1 rings (SSSR count). The van der Waals surface area contributed by atoms with Crippen molar-refractivity contribution in [1.29, 1.82) is 5.26 Å². The number of halogens is 1. The second-order valence-electron chi connectivity index (χ2n) is 3.68. The van der Waals surface area contributed by atoms with Gasteiger partial charge in [0, 0.05) is 5.56 Å². The monoisotopic (exact) mass is 219 g/mol. The predicted octanol–water partition coefficient (Wildman–Crippen LogP) is 3.18. The van der Waals surface area contributed by atoms with Gasteiger partial charge in [-0.3, -0.25) is 0 Å². The molecule has 0 saturated carbocycles. The Morgan fingerprint density at radius 3 is 2.88 bits per heavy atom. The van der Waals surface area contributed by atoms with Crippen molar-refractivity contribution >= 4 is 0 Å². The molecule has 3 heteroatoms. The van der Waals surface area contributed by atoms with Crippen molar-refractivity contribution in [2.24, 2.45) is 0 Å². The quantitative estimate of drug-likeness (QED) is 0.563. The van der Waals surface area contributed by atoms with Gasteiger partial charge in [0.1, 0.15) is 5.82 Å². The van der Waals surface area contributed by atoms with E-state index in [1.54, 1.807) is 12.1 Å². The maximum absolute atomic E-state index is 13.4. The van der Waals surface area contributed by atoms with Gasteiger partial charge in [-0.2, -0.15) is 5.26 Å². The van der Waals surface area contributed by atoms with Crippen molar-refractivity contribution in [2.75, 3.05) is 6.61 Å². The average molecular weight is 219 g/mol. The fourth-order valence-corrected chi connectivity index (χ4v) is 1.16. The molecule has 0 unspecified atom stereocenters. The summed E-state index contributed by atoms with van der Waals surface area (Å²) in [6, 6.07) is 6.27. The summed E-state index contributed by atoms with van der Waals surface area (Å²) in [5.74, 6) is -0.394. The predicted molar refractivity (Wildman–Crippen MR) is 60.2 cm³/mol. The molecular weight excluding hydrogens is 205 g/mol. The Morgan fingerprint density at radius 1 is 1.56 bits per heavy atom. The van der Waals surface area contributed by atoms with Crippen LogP contribution >= 0.6 is 0 Å². The maximum atomic E-state index is 13.4. The molecule has 0 N–H and O–H groups in total. The first-order valence-corrected chi connectivity index (χ1v) is 5.04. The molecule has 0 spiro atoms. The molecule has 1 aromatic carbocycles. The van der Waals surface area contributed by atoms with E-state index in [2.05, 4.69) is 6.58 Å². The van der Waals surface area contributed by atoms with E-state index in [0.717, 1.165) is 12.0 Å². The lowest BCUT2D eigenvalue weighted by Gasteiger charge is -2.05. The van der Waals surface area contributed by atoms with Crippen LogP contribution in [-0.4, -0.2) is 6.61 Å². The first-order chi connectivity index (χ1) is 7.63. The van der Waals surface area contributed by atoms with E-state index < -0.39 is 5.82 Å². The van der Waals surface area contributed by atoms with Crippen LogP contribution in [0.1, 0.15) is 24.5 Å². The van der Waals surface area contributed by atoms with Gasteiger partial charge in [0.05, 0.1) is 24.8 Å². The first kappa shape index (κ1) is 12.4. The van der Waals surface area contributed by atoms with Crippen LogP contribution in [0.5, 0.6) is 0 Å². The van der Waals surface area contributed by atoms with E-state index in [1.807, 2.05) is 13.0 Å². The molecule has 0 aliphatic rings. The molecule has 0 bridgehead atoms. The first-order valence-electron chi connectivity index (χ1n) is 5.04. The third-order valence-electron chi connectivity index (χ3n) is 2.11. The number of hydrogen-bond donors (Lipinski definition) is 0. The topological polar surface area (TPSA) is 33.0 Å². The summed E-state index contributed by atoms with van der Waals surface area (Å²) in [6.07, 6.45) is 0.776. The maximum Gasteiger partial charge on any atom is 0.130 e. The number of ether oxygens (including phenoxy) is 1. The molecule has 84 valence electrons. The Balaban J connectivity index is 2.49. The Hall–Kier alpha value is -1.66. The van der Waals surface area contributed by atoms with Gasteiger partial charge in [-0.1, -0.05) is 11.6 Å². The van der Waals surface area contributed by atoms with Crippen molar-refractivity contribution in [3.8, 4) is 6.07 Å². The molecule has 16 heavy (non-hydrogen) atoms. The molecule has 0 aromatic heterocycles. The second kappa shape index (κ2) is 6.04. The van der Waals surface area contributed by atoms with Gasteiger partial charge in [0.25, 0.3) is 0 Å². The summed E-state index contributed by atoms with van der Waals surface area (Å²) in [5.41, 5.74) is 1.84. The lowest BCUT2D eigenvalue weighted by molar-refractivity contribution is 0.121. The summed E-state index contributed by atoms with van der Waals surface area (Å²) < 4.78 is 18.7. The minimum absolute atomic E-state index is 0.227. The van der Waals surface area contributed by atoms with Gasteiger partial charge in [0.15, 0.2) is 0 Å². The fraction of sp³-hybridized carbons (Fsp3) is 0.308. The molecule has 0 amide bonds. The highest BCUT2D eigenvalue weighted by Gasteiger charge is 2.03. The Bertz CT molecular complexity index is 420. The van der Waals surface area contributed by atoms with E-state index in [9.17, 15) is 4.39 Å². The van der Waals surface area contributed by atoms with Crippen molar-refractivity contribution in [2.45, 2.75) is 20.0 Å². The van der Waals surface area contributed by atoms with Crippen molar-refractivity contribution in [1.82, 2.24) is 0 Å². The number of rotatable bonds is 5. The van der Waals surface area contributed by atoms with Crippen LogP contribution in [0.2, 0.25) is 0 Å². The number of benzene rings is 1. The molecule has 0 fully saturated rings. The molecule has 0 saturated heterocycles. The van der Waals surface area contributed by atoms with E-state index in [-0.39, 0.29) is 6.61 Å². The standard InChI is InChI=1S/C13H14FNO/c1-10(2)5-6-16-9-12-4-3-11(8-15)7-13(12)14/h3-4,7H,1,5-6,9H2,2H3. The minimum Gasteiger partial charge on any atom is -0.376 e. The molecule has 0 aliphatic carbocycles. The zero-order chi connectivity index (χ0) is 12.0. The van der Waals surface area contributed by atoms with E-state index in [4.69, 9.17) is 10.00 Å². The van der Waals surface area contributed by atoms with Gasteiger partial charge in [-0.15, -0.1) is 6.58 Å². The third-order valence-corrected chi connectivity index (χ3v) is 2.11. The summed E-state index contributed by atoms with van der Waals surface area (Å²) in [6.45, 7) is 6.44. The highest BCUT2D eigenvalue weighted by Crippen LogP contribution is 2.11. The molecular formula is C13H14FNO. The summed E-state index contributed by atoms with van der Waals surface area (Å²) >= 11 is 0. The van der Waals surface area contributed by atoms with Crippen LogP contribution in [0.4, 0.5) is 4.39 Å². The van der Waals surface area contributed by atoms with E-state index >= 15 is 0 Å². The van der Waals surface area contributed by atoms with Gasteiger partial charge in [0.2, 0.25) is 0 Å². The number of nitriles is 1. The molecule has 2 nitrogen and oxygen atoms in total. The van der Waals surface area contributed by atoms with Crippen LogP contribution in [0, 0.1) is 17.1 Å². The molecule has 0 atom stereocenters. The van der Waals surface area contributed by atoms with Crippen LogP contribution < -0.4 is 0 Å². The van der Waals surface area contributed by atoms with Gasteiger partial charge >= 0.3 is 0 Å². The molecule has 0 heterocycles. The van der Waals surface area contributed by atoms with Crippen LogP contribution in [0.25, 0.3) is 0 Å². The summed E-state index contributed by atoms with van der Waals surface area (Å²) in [5, 5.41) is 8.57. The Morgan fingerprint density at radius 2 is 2.31 bits per heavy atom. The minimum atomic E-state index is -0.394. The average Bonchev–Trinajstić information content (AvgIpc) is 2.25. The summed E-state index contributed by atoms with van der Waals surface area (Å²) in [4.78, 5) is 0. The molecule has 1 aromatic rings. The lowest BCUT2D eigenvalue weighted by atomic mass is 10.1. The summed E-state index contributed by atoms with van der Waals surface area (Å²) in [7, 11) is 0. The van der Waals surface area contributed by atoms with Crippen molar-refractivity contribution in [3.63, 3.8) is 0 Å². The van der Waals surface area contributed by atoms with Crippen LogP contribution in [-0.2, 0) is 11.3 Å². The zero-order valence-corrected chi connectivity index (χ0v) is 9.29. The normalized spacial score (nSPS) is 9.81.